The zero-order chi connectivity index (χ0) is 12.4. The summed E-state index contributed by atoms with van der Waals surface area (Å²) in [4.78, 5) is 12.5. The molecule has 0 aliphatic carbocycles. The zero-order valence-electron chi connectivity index (χ0n) is 8.88. The normalized spacial score (nSPS) is 27.2. The number of nitrogens with zero attached hydrogens (tertiary/aromatic N) is 1. The summed E-state index contributed by atoms with van der Waals surface area (Å²) in [5.41, 5.74) is -0.849. The number of carbonyl (C=O) groups is 1. The van der Waals surface area contributed by atoms with Gasteiger partial charge >= 0.3 is 12.3 Å². The smallest absolute Gasteiger partial charge is 0.481 e. The highest BCUT2D eigenvalue weighted by Gasteiger charge is 2.40. The highest BCUT2D eigenvalue weighted by atomic mass is 19.4. The first-order valence-corrected chi connectivity index (χ1v) is 4.89. The summed E-state index contributed by atoms with van der Waals surface area (Å²) < 4.78 is 38.7. The van der Waals surface area contributed by atoms with Crippen LogP contribution in [0.25, 0.3) is 0 Å². The second kappa shape index (κ2) is 4.58. The number of carboxylic acids is 1. The van der Waals surface area contributed by atoms with E-state index in [-0.39, 0.29) is 13.1 Å². The molecule has 1 heterocycles. The van der Waals surface area contributed by atoms with Crippen molar-refractivity contribution in [3.05, 3.63) is 0 Å². The van der Waals surface area contributed by atoms with Gasteiger partial charge in [0.25, 0.3) is 0 Å². The van der Waals surface area contributed by atoms with Crippen LogP contribution in [0.15, 0.2) is 0 Å². The Morgan fingerprint density at radius 2 is 2.19 bits per heavy atom. The van der Waals surface area contributed by atoms with Crippen molar-refractivity contribution in [1.29, 1.82) is 0 Å². The fraction of sp³-hybridized carbons (Fsp3) is 0.889. The minimum Gasteiger partial charge on any atom is -0.481 e. The van der Waals surface area contributed by atoms with Gasteiger partial charge in [0.1, 0.15) is 0 Å². The fourth-order valence-corrected chi connectivity index (χ4v) is 1.71. The van der Waals surface area contributed by atoms with Gasteiger partial charge in [0.05, 0.1) is 12.0 Å². The Morgan fingerprint density at radius 3 is 2.62 bits per heavy atom. The van der Waals surface area contributed by atoms with Crippen LogP contribution in [-0.2, 0) is 9.53 Å². The highest BCUT2D eigenvalue weighted by molar-refractivity contribution is 5.74. The molecule has 1 aliphatic rings. The molecule has 0 aromatic carbocycles. The van der Waals surface area contributed by atoms with Gasteiger partial charge in [0, 0.05) is 13.1 Å². The first-order valence-electron chi connectivity index (χ1n) is 4.89. The molecule has 1 N–H and O–H groups in total. The van der Waals surface area contributed by atoms with Crippen LogP contribution < -0.4 is 0 Å². The third-order valence-corrected chi connectivity index (χ3v) is 2.74. The molecule has 0 bridgehead atoms. The standard InChI is InChI=1S/C9H14F3NO3/c1-8(7(14)15)2-3-13(6-8)4-5-16-9(10,11)12/h2-6H2,1H3,(H,14,15). The Bertz CT molecular complexity index is 269. The first-order chi connectivity index (χ1) is 7.23. The number of carboxylic acid groups (broad SMARTS) is 1. The van der Waals surface area contributed by atoms with Crippen LogP contribution in [0.5, 0.6) is 0 Å². The zero-order valence-corrected chi connectivity index (χ0v) is 8.88. The summed E-state index contributed by atoms with van der Waals surface area (Å²) in [5, 5.41) is 8.91. The molecule has 7 heteroatoms. The molecular formula is C9H14F3NO3. The molecule has 0 saturated carbocycles. The number of hydrogen-bond donors (Lipinski definition) is 1. The number of likely N-dealkylation sites (tertiary alicyclic amines) is 1. The summed E-state index contributed by atoms with van der Waals surface area (Å²) in [6.45, 7) is 2.00. The van der Waals surface area contributed by atoms with E-state index in [1.807, 2.05) is 0 Å². The molecule has 4 nitrogen and oxygen atoms in total. The van der Waals surface area contributed by atoms with Crippen LogP contribution in [0.1, 0.15) is 13.3 Å². The van der Waals surface area contributed by atoms with Crippen LogP contribution in [0.2, 0.25) is 0 Å². The Balaban J connectivity index is 2.30. The SMILES string of the molecule is CC1(C(=O)O)CCN(CCOC(F)(F)F)C1. The summed E-state index contributed by atoms with van der Waals surface area (Å²) in [6, 6.07) is 0. The van der Waals surface area contributed by atoms with Crippen LogP contribution in [0.4, 0.5) is 13.2 Å². The van der Waals surface area contributed by atoms with Crippen LogP contribution in [0, 0.1) is 5.41 Å². The maximum atomic E-state index is 11.7. The van der Waals surface area contributed by atoms with Gasteiger partial charge in [0.15, 0.2) is 0 Å². The molecule has 0 aromatic rings. The topological polar surface area (TPSA) is 49.8 Å². The van der Waals surface area contributed by atoms with Crippen molar-refractivity contribution in [2.45, 2.75) is 19.7 Å². The molecule has 1 rings (SSSR count). The summed E-state index contributed by atoms with van der Waals surface area (Å²) >= 11 is 0. The molecule has 1 saturated heterocycles. The molecule has 0 amide bonds. The van der Waals surface area contributed by atoms with Gasteiger partial charge in [-0.1, -0.05) is 0 Å². The lowest BCUT2D eigenvalue weighted by Gasteiger charge is -2.20. The molecule has 16 heavy (non-hydrogen) atoms. The molecule has 1 fully saturated rings. The summed E-state index contributed by atoms with van der Waals surface area (Å²) in [6.07, 6.45) is -4.16. The Hall–Kier alpha value is -0.820. The van der Waals surface area contributed by atoms with Crippen LogP contribution >= 0.6 is 0 Å². The minimum atomic E-state index is -4.62. The molecule has 0 radical (unpaired) electrons. The molecule has 1 aliphatic heterocycles. The molecular weight excluding hydrogens is 227 g/mol. The van der Waals surface area contributed by atoms with E-state index in [0.29, 0.717) is 13.0 Å². The average molecular weight is 241 g/mol. The van der Waals surface area contributed by atoms with Gasteiger partial charge in [0.2, 0.25) is 0 Å². The fourth-order valence-electron chi connectivity index (χ4n) is 1.71. The lowest BCUT2D eigenvalue weighted by atomic mass is 9.90. The largest absolute Gasteiger partial charge is 0.522 e. The lowest BCUT2D eigenvalue weighted by molar-refractivity contribution is -0.324. The monoisotopic (exact) mass is 241 g/mol. The van der Waals surface area contributed by atoms with E-state index in [2.05, 4.69) is 4.74 Å². The van der Waals surface area contributed by atoms with Crippen molar-refractivity contribution in [3.63, 3.8) is 0 Å². The first kappa shape index (κ1) is 13.2. The quantitative estimate of drug-likeness (QED) is 0.806. The van der Waals surface area contributed by atoms with E-state index in [0.717, 1.165) is 0 Å². The summed E-state index contributed by atoms with van der Waals surface area (Å²) in [5.74, 6) is -0.910. The minimum absolute atomic E-state index is 0.0996. The Morgan fingerprint density at radius 1 is 1.56 bits per heavy atom. The highest BCUT2D eigenvalue weighted by Crippen LogP contribution is 2.29. The molecule has 1 atom stereocenters. The third-order valence-electron chi connectivity index (χ3n) is 2.74. The predicted octanol–water partition coefficient (Wildman–Crippen LogP) is 1.32. The van der Waals surface area contributed by atoms with Crippen molar-refractivity contribution in [3.8, 4) is 0 Å². The van der Waals surface area contributed by atoms with Gasteiger partial charge in [-0.3, -0.25) is 14.4 Å². The van der Waals surface area contributed by atoms with Gasteiger partial charge in [-0.25, -0.2) is 0 Å². The molecule has 94 valence electrons. The van der Waals surface area contributed by atoms with Crippen LogP contribution in [0.3, 0.4) is 0 Å². The third kappa shape index (κ3) is 3.64. The summed E-state index contributed by atoms with van der Waals surface area (Å²) in [7, 11) is 0. The van der Waals surface area contributed by atoms with Gasteiger partial charge in [-0.05, 0) is 19.9 Å². The van der Waals surface area contributed by atoms with Gasteiger partial charge in [-0.2, -0.15) is 0 Å². The second-order valence-electron chi connectivity index (χ2n) is 4.19. The van der Waals surface area contributed by atoms with Gasteiger partial charge < -0.3 is 5.11 Å². The number of ether oxygens (including phenoxy) is 1. The number of aliphatic carboxylic acids is 1. The predicted molar refractivity (Wildman–Crippen MR) is 48.8 cm³/mol. The number of hydrogen-bond acceptors (Lipinski definition) is 3. The Kier molecular flexibility index (Phi) is 3.80. The van der Waals surface area contributed by atoms with Crippen molar-refractivity contribution in [1.82, 2.24) is 4.90 Å². The van der Waals surface area contributed by atoms with E-state index in [9.17, 15) is 18.0 Å². The van der Waals surface area contributed by atoms with E-state index < -0.39 is 24.4 Å². The van der Waals surface area contributed by atoms with E-state index in [1.165, 1.54) is 0 Å². The van der Waals surface area contributed by atoms with Crippen molar-refractivity contribution < 1.29 is 27.8 Å². The number of halogens is 3. The second-order valence-corrected chi connectivity index (χ2v) is 4.19. The lowest BCUT2D eigenvalue weighted by Crippen LogP contribution is -2.33. The van der Waals surface area contributed by atoms with Crippen molar-refractivity contribution in [2.24, 2.45) is 5.41 Å². The van der Waals surface area contributed by atoms with Crippen molar-refractivity contribution in [2.75, 3.05) is 26.2 Å². The van der Waals surface area contributed by atoms with E-state index in [4.69, 9.17) is 5.11 Å². The van der Waals surface area contributed by atoms with E-state index >= 15 is 0 Å². The van der Waals surface area contributed by atoms with Crippen molar-refractivity contribution >= 4 is 5.97 Å². The Labute approximate surface area is 91.0 Å². The maximum absolute atomic E-state index is 11.7. The number of alkyl halides is 3. The van der Waals surface area contributed by atoms with Gasteiger partial charge in [-0.15, -0.1) is 13.2 Å². The average Bonchev–Trinajstić information content (AvgIpc) is 2.47. The molecule has 0 spiro atoms. The van der Waals surface area contributed by atoms with Crippen LogP contribution in [-0.4, -0.2) is 48.6 Å². The maximum Gasteiger partial charge on any atom is 0.522 e. The molecule has 0 aromatic heterocycles. The number of rotatable bonds is 4. The van der Waals surface area contributed by atoms with E-state index in [1.54, 1.807) is 11.8 Å². The molecule has 1 unspecified atom stereocenters.